The van der Waals surface area contributed by atoms with E-state index in [9.17, 15) is 13.2 Å². The summed E-state index contributed by atoms with van der Waals surface area (Å²) in [6.07, 6.45) is 2.04. The van der Waals surface area contributed by atoms with Crippen molar-refractivity contribution in [1.29, 1.82) is 0 Å². The van der Waals surface area contributed by atoms with Gasteiger partial charge in [0.2, 0.25) is 5.88 Å². The summed E-state index contributed by atoms with van der Waals surface area (Å²) in [5.41, 5.74) is 0.366. The van der Waals surface area contributed by atoms with Crippen LogP contribution in [-0.2, 0) is 16.4 Å². The van der Waals surface area contributed by atoms with Crippen LogP contribution in [0.1, 0.15) is 28.6 Å². The fourth-order valence-electron chi connectivity index (χ4n) is 2.92. The van der Waals surface area contributed by atoms with Crippen LogP contribution in [0.2, 0.25) is 0 Å². The molecule has 0 aliphatic carbocycles. The molecule has 3 rings (SSSR count). The van der Waals surface area contributed by atoms with Crippen LogP contribution in [0.3, 0.4) is 0 Å². The highest BCUT2D eigenvalue weighted by Gasteiger charge is 2.36. The first kappa shape index (κ1) is 17.9. The minimum Gasteiger partial charge on any atom is -0.477 e. The molecular formula is C17H20N2O4S2. The SMILES string of the molecule is CCOc1ncccc1C(=O)N(Cc1cccs1)[C@H]1CCS(=O)(=O)C1. The third kappa shape index (κ3) is 4.19. The van der Waals surface area contributed by atoms with E-state index in [4.69, 9.17) is 4.74 Å². The molecule has 1 saturated heterocycles. The van der Waals surface area contributed by atoms with Gasteiger partial charge in [-0.05, 0) is 36.9 Å². The summed E-state index contributed by atoms with van der Waals surface area (Å²) in [5.74, 6) is 0.171. The first-order valence-corrected chi connectivity index (χ1v) is 10.8. The van der Waals surface area contributed by atoms with E-state index in [2.05, 4.69) is 4.98 Å². The normalized spacial score (nSPS) is 18.8. The molecule has 0 N–H and O–H groups in total. The number of sulfone groups is 1. The largest absolute Gasteiger partial charge is 0.477 e. The Balaban J connectivity index is 1.92. The predicted octanol–water partition coefficient (Wildman–Crippen LogP) is 2.37. The zero-order valence-electron chi connectivity index (χ0n) is 13.9. The first-order valence-electron chi connectivity index (χ1n) is 8.12. The Hall–Kier alpha value is -1.93. The van der Waals surface area contributed by atoms with Crippen molar-refractivity contribution in [1.82, 2.24) is 9.88 Å². The minimum atomic E-state index is -3.09. The van der Waals surface area contributed by atoms with Gasteiger partial charge < -0.3 is 9.64 Å². The molecule has 134 valence electrons. The van der Waals surface area contributed by atoms with Crippen molar-refractivity contribution in [3.63, 3.8) is 0 Å². The van der Waals surface area contributed by atoms with Crippen molar-refractivity contribution in [3.05, 3.63) is 46.3 Å². The fourth-order valence-corrected chi connectivity index (χ4v) is 5.35. The quantitative estimate of drug-likeness (QED) is 0.769. The number of rotatable bonds is 6. The molecule has 2 aromatic rings. The summed E-state index contributed by atoms with van der Waals surface area (Å²) in [6.45, 7) is 2.62. The Bertz CT molecular complexity index is 834. The Morgan fingerprint density at radius 3 is 2.88 bits per heavy atom. The summed E-state index contributed by atoms with van der Waals surface area (Å²) in [7, 11) is -3.09. The van der Waals surface area contributed by atoms with Gasteiger partial charge in [-0.1, -0.05) is 6.07 Å². The number of hydrogen-bond acceptors (Lipinski definition) is 6. The molecule has 3 heterocycles. The van der Waals surface area contributed by atoms with E-state index in [1.54, 1.807) is 34.6 Å². The van der Waals surface area contributed by atoms with E-state index in [1.807, 2.05) is 24.4 Å². The van der Waals surface area contributed by atoms with Crippen LogP contribution in [0, 0.1) is 0 Å². The molecule has 0 saturated carbocycles. The van der Waals surface area contributed by atoms with Gasteiger partial charge in [-0.15, -0.1) is 11.3 Å². The molecule has 25 heavy (non-hydrogen) atoms. The van der Waals surface area contributed by atoms with Crippen molar-refractivity contribution in [2.45, 2.75) is 25.9 Å². The summed E-state index contributed by atoms with van der Waals surface area (Å²) >= 11 is 1.55. The molecular weight excluding hydrogens is 360 g/mol. The molecule has 1 amide bonds. The minimum absolute atomic E-state index is 0.00828. The van der Waals surface area contributed by atoms with Crippen LogP contribution >= 0.6 is 11.3 Å². The van der Waals surface area contributed by atoms with Crippen LogP contribution in [0.25, 0.3) is 0 Å². The van der Waals surface area contributed by atoms with E-state index in [0.29, 0.717) is 25.1 Å². The number of aromatic nitrogens is 1. The Morgan fingerprint density at radius 1 is 1.40 bits per heavy atom. The molecule has 1 aliphatic rings. The molecule has 0 bridgehead atoms. The van der Waals surface area contributed by atoms with E-state index in [-0.39, 0.29) is 29.3 Å². The molecule has 0 unspecified atom stereocenters. The second-order valence-corrected chi connectivity index (χ2v) is 9.12. The average Bonchev–Trinajstić information content (AvgIpc) is 3.22. The highest BCUT2D eigenvalue weighted by atomic mass is 32.2. The van der Waals surface area contributed by atoms with Crippen LogP contribution in [0.15, 0.2) is 35.8 Å². The highest BCUT2D eigenvalue weighted by Crippen LogP contribution is 2.26. The Morgan fingerprint density at radius 2 is 2.24 bits per heavy atom. The van der Waals surface area contributed by atoms with Gasteiger partial charge in [-0.3, -0.25) is 4.79 Å². The van der Waals surface area contributed by atoms with Crippen LogP contribution < -0.4 is 4.74 Å². The molecule has 0 aromatic carbocycles. The summed E-state index contributed by atoms with van der Waals surface area (Å²) < 4.78 is 29.3. The molecule has 6 nitrogen and oxygen atoms in total. The van der Waals surface area contributed by atoms with E-state index < -0.39 is 9.84 Å². The second-order valence-electron chi connectivity index (χ2n) is 5.86. The van der Waals surface area contributed by atoms with E-state index >= 15 is 0 Å². The number of nitrogens with zero attached hydrogens (tertiary/aromatic N) is 2. The number of thiophene rings is 1. The third-order valence-electron chi connectivity index (χ3n) is 4.10. The highest BCUT2D eigenvalue weighted by molar-refractivity contribution is 7.91. The number of carbonyl (C=O) groups is 1. The predicted molar refractivity (Wildman–Crippen MR) is 96.7 cm³/mol. The molecule has 8 heteroatoms. The molecule has 0 radical (unpaired) electrons. The number of amides is 1. The van der Waals surface area contributed by atoms with Crippen molar-refractivity contribution < 1.29 is 17.9 Å². The Labute approximate surface area is 151 Å². The summed E-state index contributed by atoms with van der Waals surface area (Å²) in [6, 6.07) is 6.90. The van der Waals surface area contributed by atoms with Crippen LogP contribution in [0.4, 0.5) is 0 Å². The van der Waals surface area contributed by atoms with Crippen LogP contribution in [0.5, 0.6) is 5.88 Å². The lowest BCUT2D eigenvalue weighted by molar-refractivity contribution is 0.0678. The molecule has 1 fully saturated rings. The number of ether oxygens (including phenoxy) is 1. The van der Waals surface area contributed by atoms with E-state index in [0.717, 1.165) is 4.88 Å². The maximum Gasteiger partial charge on any atom is 0.259 e. The third-order valence-corrected chi connectivity index (χ3v) is 6.71. The van der Waals surface area contributed by atoms with Crippen LogP contribution in [-0.4, -0.2) is 48.4 Å². The van der Waals surface area contributed by atoms with Gasteiger partial charge in [0, 0.05) is 17.1 Å². The van der Waals surface area contributed by atoms with Gasteiger partial charge >= 0.3 is 0 Å². The lowest BCUT2D eigenvalue weighted by Crippen LogP contribution is -2.40. The van der Waals surface area contributed by atoms with Crippen molar-refractivity contribution in [3.8, 4) is 5.88 Å². The zero-order valence-corrected chi connectivity index (χ0v) is 15.6. The lowest BCUT2D eigenvalue weighted by atomic mass is 10.1. The number of carbonyl (C=O) groups excluding carboxylic acids is 1. The average molecular weight is 380 g/mol. The summed E-state index contributed by atoms with van der Waals surface area (Å²) in [5, 5.41) is 1.94. The second kappa shape index (κ2) is 7.53. The van der Waals surface area contributed by atoms with Gasteiger partial charge in [0.15, 0.2) is 9.84 Å². The fraction of sp³-hybridized carbons (Fsp3) is 0.412. The van der Waals surface area contributed by atoms with Gasteiger partial charge in [-0.2, -0.15) is 0 Å². The molecule has 0 spiro atoms. The molecule has 1 aliphatic heterocycles. The van der Waals surface area contributed by atoms with Gasteiger partial charge in [-0.25, -0.2) is 13.4 Å². The lowest BCUT2D eigenvalue weighted by Gasteiger charge is -2.28. The van der Waals surface area contributed by atoms with E-state index in [1.165, 1.54) is 0 Å². The summed E-state index contributed by atoms with van der Waals surface area (Å²) in [4.78, 5) is 20.0. The molecule has 1 atom stereocenters. The smallest absolute Gasteiger partial charge is 0.259 e. The number of pyridine rings is 1. The standard InChI is InChI=1S/C17H20N2O4S2/c1-2-23-16-15(6-3-8-18-16)17(20)19(11-14-5-4-9-24-14)13-7-10-25(21,22)12-13/h3-6,8-9,13H,2,7,10-12H2,1H3/t13-/m0/s1. The topological polar surface area (TPSA) is 76.6 Å². The van der Waals surface area contributed by atoms with Crippen molar-refractivity contribution >= 4 is 27.1 Å². The van der Waals surface area contributed by atoms with Crippen molar-refractivity contribution in [2.24, 2.45) is 0 Å². The van der Waals surface area contributed by atoms with Crippen molar-refractivity contribution in [2.75, 3.05) is 18.1 Å². The van der Waals surface area contributed by atoms with Gasteiger partial charge in [0.25, 0.3) is 5.91 Å². The van der Waals surface area contributed by atoms with Gasteiger partial charge in [0.1, 0.15) is 5.56 Å². The van der Waals surface area contributed by atoms with Gasteiger partial charge in [0.05, 0.1) is 24.7 Å². The molecule has 2 aromatic heterocycles. The monoisotopic (exact) mass is 380 g/mol. The Kier molecular flexibility index (Phi) is 5.39. The zero-order chi connectivity index (χ0) is 17.9. The maximum absolute atomic E-state index is 13.2. The first-order chi connectivity index (χ1) is 12.0. The maximum atomic E-state index is 13.2. The number of hydrogen-bond donors (Lipinski definition) is 0.